The number of anilines is 1. The number of benzene rings is 2. The molecule has 4 rings (SSSR count). The third-order valence-electron chi connectivity index (χ3n) is 6.56. The maximum Gasteiger partial charge on any atom is 0.226 e. The summed E-state index contributed by atoms with van der Waals surface area (Å²) >= 11 is 0. The molecule has 2 N–H and O–H groups in total. The van der Waals surface area contributed by atoms with E-state index in [9.17, 15) is 4.79 Å². The number of hydrogen-bond donors (Lipinski definition) is 1. The van der Waals surface area contributed by atoms with Crippen molar-refractivity contribution >= 4 is 11.6 Å². The van der Waals surface area contributed by atoms with E-state index in [2.05, 4.69) is 47.1 Å². The second-order valence-corrected chi connectivity index (χ2v) is 8.64. The molecule has 0 bridgehead atoms. The van der Waals surface area contributed by atoms with Crippen LogP contribution in [0.25, 0.3) is 0 Å². The van der Waals surface area contributed by atoms with Crippen molar-refractivity contribution < 1.29 is 9.53 Å². The molecule has 0 unspecified atom stereocenters. The number of piperidine rings is 1. The molecule has 0 saturated carbocycles. The molecule has 0 atom stereocenters. The Kier molecular flexibility index (Phi) is 5.50. The number of ether oxygens (including phenoxy) is 1. The quantitative estimate of drug-likeness (QED) is 0.820. The Bertz CT molecular complexity index is 868. The largest absolute Gasteiger partial charge is 0.497 e. The summed E-state index contributed by atoms with van der Waals surface area (Å²) in [7, 11) is 1.66. The first-order chi connectivity index (χ1) is 14.0. The van der Waals surface area contributed by atoms with E-state index >= 15 is 0 Å². The summed E-state index contributed by atoms with van der Waals surface area (Å²) in [4.78, 5) is 17.2. The number of likely N-dealkylation sites (tertiary alicyclic amines) is 1. The minimum absolute atomic E-state index is 0.186. The summed E-state index contributed by atoms with van der Waals surface area (Å²) in [6, 6.07) is 17.2. The minimum Gasteiger partial charge on any atom is -0.497 e. The predicted molar refractivity (Wildman–Crippen MR) is 116 cm³/mol. The lowest BCUT2D eigenvalue weighted by Gasteiger charge is -2.53. The van der Waals surface area contributed by atoms with Crippen molar-refractivity contribution in [3.8, 4) is 5.75 Å². The van der Waals surface area contributed by atoms with Crippen LogP contribution < -0.4 is 15.4 Å². The number of nitrogens with two attached hydrogens (primary N) is 1. The first-order valence-corrected chi connectivity index (χ1v) is 10.5. The van der Waals surface area contributed by atoms with E-state index in [-0.39, 0.29) is 5.91 Å². The Labute approximate surface area is 173 Å². The number of hydrogen-bond acceptors (Lipinski definition) is 4. The number of amides is 1. The van der Waals surface area contributed by atoms with Crippen molar-refractivity contribution in [3.63, 3.8) is 0 Å². The minimum atomic E-state index is -0.458. The lowest BCUT2D eigenvalue weighted by molar-refractivity contribution is -0.141. The number of primary amides is 1. The highest BCUT2D eigenvalue weighted by Crippen LogP contribution is 2.38. The van der Waals surface area contributed by atoms with Gasteiger partial charge in [-0.05, 0) is 61.6 Å². The van der Waals surface area contributed by atoms with Crippen LogP contribution in [0.1, 0.15) is 24.0 Å². The van der Waals surface area contributed by atoms with Gasteiger partial charge in [0.05, 0.1) is 12.5 Å². The van der Waals surface area contributed by atoms with Gasteiger partial charge < -0.3 is 15.4 Å². The molecule has 1 amide bonds. The van der Waals surface area contributed by atoms with E-state index in [4.69, 9.17) is 10.5 Å². The average molecular weight is 394 g/mol. The SMILES string of the molecule is COc1cccc(CC2(C(N)=O)CN(C3CCN(c4cccc(C)c4)CC3)C2)c1. The van der Waals surface area contributed by atoms with Crippen LogP contribution in [-0.4, -0.2) is 50.1 Å². The summed E-state index contributed by atoms with van der Waals surface area (Å²) in [5, 5.41) is 0. The maximum absolute atomic E-state index is 12.3. The molecule has 2 fully saturated rings. The van der Waals surface area contributed by atoms with Gasteiger partial charge in [-0.15, -0.1) is 0 Å². The Hall–Kier alpha value is -2.53. The number of methoxy groups -OCH3 is 1. The van der Waals surface area contributed by atoms with Gasteiger partial charge in [-0.3, -0.25) is 9.69 Å². The van der Waals surface area contributed by atoms with E-state index in [0.29, 0.717) is 12.5 Å². The van der Waals surface area contributed by atoms with Crippen LogP contribution in [0.4, 0.5) is 5.69 Å². The van der Waals surface area contributed by atoms with Crippen LogP contribution in [0.2, 0.25) is 0 Å². The zero-order valence-corrected chi connectivity index (χ0v) is 17.4. The van der Waals surface area contributed by atoms with Gasteiger partial charge in [0.25, 0.3) is 0 Å². The summed E-state index contributed by atoms with van der Waals surface area (Å²) in [5.41, 5.74) is 9.12. The summed E-state index contributed by atoms with van der Waals surface area (Å²) in [6.07, 6.45) is 2.93. The highest BCUT2D eigenvalue weighted by Gasteiger charge is 2.50. The molecular weight excluding hydrogens is 362 g/mol. The van der Waals surface area contributed by atoms with Crippen LogP contribution in [0.15, 0.2) is 48.5 Å². The van der Waals surface area contributed by atoms with Gasteiger partial charge in [-0.1, -0.05) is 24.3 Å². The second-order valence-electron chi connectivity index (χ2n) is 8.64. The van der Waals surface area contributed by atoms with Gasteiger partial charge in [0.1, 0.15) is 5.75 Å². The monoisotopic (exact) mass is 393 g/mol. The van der Waals surface area contributed by atoms with Gasteiger partial charge in [0, 0.05) is 37.9 Å². The molecule has 0 aliphatic carbocycles. The normalized spacial score (nSPS) is 19.6. The lowest BCUT2D eigenvalue weighted by Crippen LogP contribution is -2.66. The predicted octanol–water partition coefficient (Wildman–Crippen LogP) is 3.00. The summed E-state index contributed by atoms with van der Waals surface area (Å²) < 4.78 is 5.32. The molecule has 5 nitrogen and oxygen atoms in total. The number of rotatable bonds is 6. The van der Waals surface area contributed by atoms with Crippen molar-refractivity contribution in [3.05, 3.63) is 59.7 Å². The lowest BCUT2D eigenvalue weighted by atomic mass is 9.72. The van der Waals surface area contributed by atoms with Gasteiger partial charge in [0.15, 0.2) is 0 Å². The molecule has 2 heterocycles. The molecule has 2 aromatic rings. The van der Waals surface area contributed by atoms with Crippen LogP contribution in [0.5, 0.6) is 5.75 Å². The zero-order chi connectivity index (χ0) is 20.4. The van der Waals surface area contributed by atoms with Crippen LogP contribution in [0.3, 0.4) is 0 Å². The first-order valence-electron chi connectivity index (χ1n) is 10.5. The molecule has 0 spiro atoms. The van der Waals surface area contributed by atoms with Crippen molar-refractivity contribution in [2.75, 3.05) is 38.2 Å². The zero-order valence-electron chi connectivity index (χ0n) is 17.4. The van der Waals surface area contributed by atoms with Crippen LogP contribution in [-0.2, 0) is 11.2 Å². The molecule has 2 saturated heterocycles. The average Bonchev–Trinajstić information content (AvgIpc) is 2.70. The third kappa shape index (κ3) is 4.10. The van der Waals surface area contributed by atoms with E-state index in [1.807, 2.05) is 18.2 Å². The number of nitrogens with zero attached hydrogens (tertiary/aromatic N) is 2. The van der Waals surface area contributed by atoms with Gasteiger partial charge in [0.2, 0.25) is 5.91 Å². The fraction of sp³-hybridized carbons (Fsp3) is 0.458. The second kappa shape index (κ2) is 8.07. The molecular formula is C24H31N3O2. The first kappa shape index (κ1) is 19.8. The highest BCUT2D eigenvalue weighted by atomic mass is 16.5. The molecule has 0 aromatic heterocycles. The van der Waals surface area contributed by atoms with E-state index in [1.165, 1.54) is 11.3 Å². The molecule has 2 aliphatic heterocycles. The van der Waals surface area contributed by atoms with Crippen molar-refractivity contribution in [1.29, 1.82) is 0 Å². The Morgan fingerprint density at radius 2 is 1.86 bits per heavy atom. The maximum atomic E-state index is 12.3. The van der Waals surface area contributed by atoms with Gasteiger partial charge >= 0.3 is 0 Å². The standard InChI is InChI=1S/C24H31N3O2/c1-18-5-3-7-21(13-18)26-11-9-20(10-12-26)27-16-24(17-27,23(25)28)15-19-6-4-8-22(14-19)29-2/h3-8,13-14,20H,9-12,15-17H2,1-2H3,(H2,25,28). The Balaban J connectivity index is 1.35. The Morgan fingerprint density at radius 3 is 2.52 bits per heavy atom. The van der Waals surface area contributed by atoms with E-state index in [0.717, 1.165) is 50.3 Å². The van der Waals surface area contributed by atoms with Crippen LogP contribution >= 0.6 is 0 Å². The number of carbonyl (C=O) groups is 1. The fourth-order valence-corrected chi connectivity index (χ4v) is 4.83. The fourth-order valence-electron chi connectivity index (χ4n) is 4.83. The summed E-state index contributed by atoms with van der Waals surface area (Å²) in [5.74, 6) is 0.635. The Morgan fingerprint density at radius 1 is 1.14 bits per heavy atom. The highest BCUT2D eigenvalue weighted by molar-refractivity contribution is 5.83. The number of carbonyl (C=O) groups excluding carboxylic acids is 1. The third-order valence-corrected chi connectivity index (χ3v) is 6.56. The van der Waals surface area contributed by atoms with E-state index < -0.39 is 5.41 Å². The molecule has 0 radical (unpaired) electrons. The van der Waals surface area contributed by atoms with Crippen molar-refractivity contribution in [1.82, 2.24) is 4.90 Å². The smallest absolute Gasteiger partial charge is 0.226 e. The van der Waals surface area contributed by atoms with Gasteiger partial charge in [-0.2, -0.15) is 0 Å². The molecule has 2 aliphatic rings. The summed E-state index contributed by atoms with van der Waals surface area (Å²) in [6.45, 7) is 5.78. The molecule has 154 valence electrons. The topological polar surface area (TPSA) is 58.8 Å². The van der Waals surface area contributed by atoms with Gasteiger partial charge in [-0.25, -0.2) is 0 Å². The number of aryl methyl sites for hydroxylation is 1. The van der Waals surface area contributed by atoms with Crippen molar-refractivity contribution in [2.24, 2.45) is 11.1 Å². The van der Waals surface area contributed by atoms with Crippen LogP contribution in [0, 0.1) is 12.3 Å². The van der Waals surface area contributed by atoms with E-state index in [1.54, 1.807) is 7.11 Å². The molecule has 5 heteroatoms. The molecule has 2 aromatic carbocycles. The molecule has 29 heavy (non-hydrogen) atoms. The van der Waals surface area contributed by atoms with Crippen molar-refractivity contribution in [2.45, 2.75) is 32.2 Å².